The van der Waals surface area contributed by atoms with E-state index in [0.29, 0.717) is 17.7 Å². The van der Waals surface area contributed by atoms with Crippen molar-refractivity contribution in [2.75, 3.05) is 0 Å². The van der Waals surface area contributed by atoms with E-state index in [9.17, 15) is 14.6 Å². The number of carbonyl (C=O) groups is 2. The highest BCUT2D eigenvalue weighted by Crippen LogP contribution is 2.36. The number of hydrogen-bond donors (Lipinski definition) is 1. The number of ketones is 2. The first-order valence-electron chi connectivity index (χ1n) is 6.89. The highest BCUT2D eigenvalue weighted by atomic mass is 16.5. The molecule has 0 amide bonds. The Bertz CT molecular complexity index is 608. The van der Waals surface area contributed by atoms with Crippen molar-refractivity contribution in [2.24, 2.45) is 0 Å². The molecule has 0 radical (unpaired) electrons. The van der Waals surface area contributed by atoms with E-state index in [0.717, 1.165) is 5.56 Å². The molecular formula is C15H16BNO4. The summed E-state index contributed by atoms with van der Waals surface area (Å²) in [5, 5.41) is 18.5. The minimum atomic E-state index is -1.11. The third-order valence-corrected chi connectivity index (χ3v) is 3.61. The summed E-state index contributed by atoms with van der Waals surface area (Å²) in [4.78, 5) is 23.3. The second kappa shape index (κ2) is 6.55. The smallest absolute Gasteiger partial charge is 0.526 e. The molecule has 0 unspecified atom stereocenters. The minimum absolute atomic E-state index is 0.0598. The number of rotatable bonds is 5. The number of hydrogen-bond acceptors (Lipinski definition) is 5. The van der Waals surface area contributed by atoms with E-state index in [4.69, 9.17) is 9.92 Å². The van der Waals surface area contributed by atoms with Crippen LogP contribution in [0.3, 0.4) is 0 Å². The Hall–Kier alpha value is -2.13. The Morgan fingerprint density at radius 1 is 1.52 bits per heavy atom. The van der Waals surface area contributed by atoms with Crippen LogP contribution in [0.2, 0.25) is 5.82 Å². The molecule has 1 aromatic rings. The van der Waals surface area contributed by atoms with Crippen LogP contribution in [0.25, 0.3) is 0 Å². The van der Waals surface area contributed by atoms with Gasteiger partial charge >= 0.3 is 7.12 Å². The van der Waals surface area contributed by atoms with Crippen LogP contribution in [0.5, 0.6) is 5.75 Å². The lowest BCUT2D eigenvalue weighted by Gasteiger charge is -2.28. The average molecular weight is 285 g/mol. The zero-order chi connectivity index (χ0) is 15.4. The van der Waals surface area contributed by atoms with Gasteiger partial charge in [-0.25, -0.2) is 0 Å². The van der Waals surface area contributed by atoms with E-state index < -0.39 is 7.12 Å². The van der Waals surface area contributed by atoms with Crippen LogP contribution >= 0.6 is 0 Å². The molecule has 5 nitrogen and oxygen atoms in total. The van der Waals surface area contributed by atoms with Gasteiger partial charge in [0, 0.05) is 25.1 Å². The van der Waals surface area contributed by atoms with E-state index in [1.807, 2.05) is 12.1 Å². The summed E-state index contributed by atoms with van der Waals surface area (Å²) < 4.78 is 5.46. The second-order valence-electron chi connectivity index (χ2n) is 5.22. The van der Waals surface area contributed by atoms with E-state index >= 15 is 0 Å². The van der Waals surface area contributed by atoms with Gasteiger partial charge in [-0.3, -0.25) is 9.59 Å². The normalized spacial score (nSPS) is 16.6. The molecule has 1 aromatic carbocycles. The summed E-state index contributed by atoms with van der Waals surface area (Å²) in [6, 6.07) is 7.19. The van der Waals surface area contributed by atoms with Crippen molar-refractivity contribution in [3.63, 3.8) is 0 Å². The predicted octanol–water partition coefficient (Wildman–Crippen LogP) is 1.94. The third-order valence-electron chi connectivity index (χ3n) is 3.61. The van der Waals surface area contributed by atoms with Crippen molar-refractivity contribution in [1.29, 1.82) is 5.26 Å². The maximum Gasteiger partial charge on any atom is 0.526 e. The van der Waals surface area contributed by atoms with Crippen molar-refractivity contribution in [3.8, 4) is 11.8 Å². The molecular weight excluding hydrogens is 269 g/mol. The number of nitriles is 1. The maximum absolute atomic E-state index is 11.7. The Labute approximate surface area is 123 Å². The average Bonchev–Trinajstić information content (AvgIpc) is 2.45. The SMILES string of the molecule is CC(=O)c1cccc2c1OB(O)[C@@H](CC(=O)CCC#N)C2. The van der Waals surface area contributed by atoms with Gasteiger partial charge in [0.15, 0.2) is 5.78 Å². The van der Waals surface area contributed by atoms with Gasteiger partial charge in [0.1, 0.15) is 11.5 Å². The molecule has 1 atom stereocenters. The molecule has 6 heteroatoms. The summed E-state index contributed by atoms with van der Waals surface area (Å²) in [5.74, 6) is -0.109. The van der Waals surface area contributed by atoms with E-state index in [1.54, 1.807) is 12.1 Å². The number of Topliss-reactive ketones (excluding diaryl/α,β-unsaturated/α-hetero) is 2. The number of para-hydroxylation sites is 1. The molecule has 21 heavy (non-hydrogen) atoms. The van der Waals surface area contributed by atoms with Crippen molar-refractivity contribution >= 4 is 18.7 Å². The highest BCUT2D eigenvalue weighted by molar-refractivity contribution is 6.47. The first-order valence-corrected chi connectivity index (χ1v) is 6.89. The predicted molar refractivity (Wildman–Crippen MR) is 77.0 cm³/mol. The lowest BCUT2D eigenvalue weighted by molar-refractivity contribution is -0.119. The lowest BCUT2D eigenvalue weighted by Crippen LogP contribution is -2.35. The molecule has 2 rings (SSSR count). The Morgan fingerprint density at radius 2 is 2.29 bits per heavy atom. The maximum atomic E-state index is 11.7. The van der Waals surface area contributed by atoms with Gasteiger partial charge < -0.3 is 9.68 Å². The first kappa shape index (κ1) is 15.3. The van der Waals surface area contributed by atoms with Crippen molar-refractivity contribution in [1.82, 2.24) is 0 Å². The monoisotopic (exact) mass is 285 g/mol. The summed E-state index contributed by atoms with van der Waals surface area (Å²) in [6.45, 7) is 1.45. The molecule has 0 aromatic heterocycles. The van der Waals surface area contributed by atoms with E-state index in [-0.39, 0.29) is 36.6 Å². The number of benzene rings is 1. The van der Waals surface area contributed by atoms with Gasteiger partial charge in [-0.1, -0.05) is 12.1 Å². The number of fused-ring (bicyclic) bond motifs is 1. The summed E-state index contributed by atoms with van der Waals surface area (Å²) in [7, 11) is -1.11. The zero-order valence-corrected chi connectivity index (χ0v) is 11.8. The molecule has 1 aliphatic heterocycles. The van der Waals surface area contributed by atoms with Gasteiger partial charge in [0.2, 0.25) is 0 Å². The molecule has 0 saturated carbocycles. The highest BCUT2D eigenvalue weighted by Gasteiger charge is 2.37. The molecule has 0 saturated heterocycles. The van der Waals surface area contributed by atoms with Gasteiger partial charge in [-0.05, 0) is 25.0 Å². The molecule has 1 N–H and O–H groups in total. The van der Waals surface area contributed by atoms with E-state index in [2.05, 4.69) is 0 Å². The van der Waals surface area contributed by atoms with Crippen LogP contribution in [0.4, 0.5) is 0 Å². The van der Waals surface area contributed by atoms with Crippen LogP contribution in [0.15, 0.2) is 18.2 Å². The quantitative estimate of drug-likeness (QED) is 0.659. The number of carbonyl (C=O) groups excluding carboxylic acids is 2. The minimum Gasteiger partial charge on any atom is -0.535 e. The fourth-order valence-corrected chi connectivity index (χ4v) is 2.53. The summed E-state index contributed by atoms with van der Waals surface area (Å²) in [5.41, 5.74) is 1.27. The van der Waals surface area contributed by atoms with Crippen molar-refractivity contribution < 1.29 is 19.3 Å². The summed E-state index contributed by atoms with van der Waals surface area (Å²) in [6.07, 6.45) is 1.04. The molecule has 0 fully saturated rings. The van der Waals surface area contributed by atoms with Gasteiger partial charge in [0.25, 0.3) is 0 Å². The Kier molecular flexibility index (Phi) is 4.76. The molecule has 108 valence electrons. The van der Waals surface area contributed by atoms with Gasteiger partial charge in [-0.15, -0.1) is 0 Å². The fourth-order valence-electron chi connectivity index (χ4n) is 2.53. The molecule has 0 bridgehead atoms. The van der Waals surface area contributed by atoms with E-state index in [1.165, 1.54) is 6.92 Å². The zero-order valence-electron chi connectivity index (χ0n) is 11.8. The standard InChI is InChI=1S/C15H16BNO4/c1-10(18)14-6-2-4-11-8-12(16(20)21-15(11)14)9-13(19)5-3-7-17/h2,4,6,12,20H,3,5,8-9H2,1H3/t12-/m1/s1. The summed E-state index contributed by atoms with van der Waals surface area (Å²) >= 11 is 0. The second-order valence-corrected chi connectivity index (χ2v) is 5.22. The molecule has 0 spiro atoms. The number of nitrogens with zero attached hydrogens (tertiary/aromatic N) is 1. The molecule has 1 aliphatic rings. The lowest BCUT2D eigenvalue weighted by atomic mass is 9.64. The van der Waals surface area contributed by atoms with Crippen LogP contribution in [0.1, 0.15) is 42.1 Å². The largest absolute Gasteiger partial charge is 0.535 e. The van der Waals surface area contributed by atoms with Crippen LogP contribution < -0.4 is 4.65 Å². The Balaban J connectivity index is 2.14. The third kappa shape index (κ3) is 3.50. The van der Waals surface area contributed by atoms with Gasteiger partial charge in [0.05, 0.1) is 11.6 Å². The van der Waals surface area contributed by atoms with Crippen LogP contribution in [-0.2, 0) is 11.2 Å². The molecule has 0 aliphatic carbocycles. The fraction of sp³-hybridized carbons (Fsp3) is 0.400. The molecule has 1 heterocycles. The van der Waals surface area contributed by atoms with Crippen LogP contribution in [-0.4, -0.2) is 23.7 Å². The van der Waals surface area contributed by atoms with Crippen molar-refractivity contribution in [2.45, 2.75) is 38.4 Å². The van der Waals surface area contributed by atoms with Crippen LogP contribution in [0, 0.1) is 11.3 Å². The van der Waals surface area contributed by atoms with Gasteiger partial charge in [-0.2, -0.15) is 5.26 Å². The topological polar surface area (TPSA) is 87.4 Å². The Morgan fingerprint density at radius 3 is 2.95 bits per heavy atom. The first-order chi connectivity index (χ1) is 10.0. The van der Waals surface area contributed by atoms with Crippen molar-refractivity contribution in [3.05, 3.63) is 29.3 Å².